The number of fused-ring (bicyclic) bond motifs is 1. The molecule has 0 aliphatic carbocycles. The van der Waals surface area contributed by atoms with E-state index >= 15 is 0 Å². The maximum atomic E-state index is 4.21. The zero-order chi connectivity index (χ0) is 10.1. The molecule has 0 atom stereocenters. The minimum atomic E-state index is 0.727. The maximum Gasteiger partial charge on any atom is 0.210 e. The van der Waals surface area contributed by atoms with Crippen molar-refractivity contribution in [2.24, 2.45) is 0 Å². The molecule has 0 saturated heterocycles. The SMILES string of the molecule is c1nnc(Nc2cc3cn[nH]c3cn2)s1. The maximum absolute atomic E-state index is 4.21. The fraction of sp³-hybridized carbons (Fsp3) is 0. The predicted molar refractivity (Wildman–Crippen MR) is 57.1 cm³/mol. The molecule has 0 bridgehead atoms. The van der Waals surface area contributed by atoms with Gasteiger partial charge in [0.1, 0.15) is 11.3 Å². The van der Waals surface area contributed by atoms with Crippen molar-refractivity contribution in [3.05, 3.63) is 24.0 Å². The highest BCUT2D eigenvalue weighted by Gasteiger charge is 2.01. The minimum absolute atomic E-state index is 0.727. The van der Waals surface area contributed by atoms with Gasteiger partial charge < -0.3 is 5.32 Å². The molecule has 3 aromatic heterocycles. The number of H-pyrrole nitrogens is 1. The summed E-state index contributed by atoms with van der Waals surface area (Å²) in [5.41, 5.74) is 2.58. The molecule has 0 aliphatic rings. The number of hydrogen-bond donors (Lipinski definition) is 2. The van der Waals surface area contributed by atoms with Gasteiger partial charge in [0.15, 0.2) is 0 Å². The van der Waals surface area contributed by atoms with E-state index in [2.05, 4.69) is 30.7 Å². The molecule has 0 fully saturated rings. The standard InChI is InChI=1S/C8H6N6S/c1-5-2-10-13-6(5)3-9-7(1)12-8-14-11-4-15-8/h1-4H,(H,10,13)(H,9,12,14). The molecular formula is C8H6N6S. The smallest absolute Gasteiger partial charge is 0.210 e. The van der Waals surface area contributed by atoms with Gasteiger partial charge >= 0.3 is 0 Å². The number of anilines is 2. The van der Waals surface area contributed by atoms with Crippen LogP contribution in [0.2, 0.25) is 0 Å². The summed E-state index contributed by atoms with van der Waals surface area (Å²) in [7, 11) is 0. The summed E-state index contributed by atoms with van der Waals surface area (Å²) in [6, 6.07) is 1.90. The van der Waals surface area contributed by atoms with Gasteiger partial charge in [-0.3, -0.25) is 5.10 Å². The Bertz CT molecular complexity index is 572. The van der Waals surface area contributed by atoms with Gasteiger partial charge in [0.2, 0.25) is 5.13 Å². The zero-order valence-corrected chi connectivity index (χ0v) is 8.32. The molecule has 0 radical (unpaired) electrons. The summed E-state index contributed by atoms with van der Waals surface area (Å²) in [6.45, 7) is 0. The average molecular weight is 218 g/mol. The van der Waals surface area contributed by atoms with Gasteiger partial charge in [0.25, 0.3) is 0 Å². The highest BCUT2D eigenvalue weighted by Crippen LogP contribution is 2.18. The van der Waals surface area contributed by atoms with Gasteiger partial charge in [-0.15, -0.1) is 10.2 Å². The molecule has 0 unspecified atom stereocenters. The lowest BCUT2D eigenvalue weighted by Crippen LogP contribution is -1.92. The second kappa shape index (κ2) is 3.28. The van der Waals surface area contributed by atoms with Crippen molar-refractivity contribution in [1.29, 1.82) is 0 Å². The number of pyridine rings is 1. The van der Waals surface area contributed by atoms with Crippen LogP contribution < -0.4 is 5.32 Å². The number of aromatic amines is 1. The largest absolute Gasteiger partial charge is 0.315 e. The summed E-state index contributed by atoms with van der Waals surface area (Å²) in [6.07, 6.45) is 3.48. The van der Waals surface area contributed by atoms with Crippen LogP contribution in [0.1, 0.15) is 0 Å². The topological polar surface area (TPSA) is 79.4 Å². The third kappa shape index (κ3) is 1.52. The average Bonchev–Trinajstić information content (AvgIpc) is 2.87. The fourth-order valence-corrected chi connectivity index (χ4v) is 1.70. The van der Waals surface area contributed by atoms with Crippen molar-refractivity contribution in [3.63, 3.8) is 0 Å². The first-order chi connectivity index (χ1) is 7.42. The van der Waals surface area contributed by atoms with Crippen molar-refractivity contribution in [2.45, 2.75) is 0 Å². The molecule has 3 heterocycles. The number of nitrogens with zero attached hydrogens (tertiary/aromatic N) is 4. The fourth-order valence-electron chi connectivity index (χ4n) is 1.25. The third-order valence-electron chi connectivity index (χ3n) is 1.92. The van der Waals surface area contributed by atoms with E-state index in [1.165, 1.54) is 11.3 Å². The first kappa shape index (κ1) is 8.30. The molecule has 6 nitrogen and oxygen atoms in total. The van der Waals surface area contributed by atoms with Crippen LogP contribution in [0.4, 0.5) is 10.9 Å². The van der Waals surface area contributed by atoms with Crippen LogP contribution in [0.15, 0.2) is 24.0 Å². The predicted octanol–water partition coefficient (Wildman–Crippen LogP) is 1.55. The monoisotopic (exact) mass is 218 g/mol. The lowest BCUT2D eigenvalue weighted by atomic mass is 10.3. The van der Waals surface area contributed by atoms with Crippen LogP contribution in [0.3, 0.4) is 0 Å². The van der Waals surface area contributed by atoms with Crippen LogP contribution in [0.25, 0.3) is 10.9 Å². The summed E-state index contributed by atoms with van der Waals surface area (Å²) >= 11 is 1.43. The molecule has 7 heteroatoms. The molecule has 74 valence electrons. The second-order valence-electron chi connectivity index (χ2n) is 2.90. The normalized spacial score (nSPS) is 10.7. The number of rotatable bonds is 2. The molecule has 3 rings (SSSR count). The van der Waals surface area contributed by atoms with Crippen LogP contribution in [0.5, 0.6) is 0 Å². The van der Waals surface area contributed by atoms with E-state index < -0.39 is 0 Å². The van der Waals surface area contributed by atoms with Crippen molar-refractivity contribution >= 4 is 33.2 Å². The summed E-state index contributed by atoms with van der Waals surface area (Å²) in [5, 5.41) is 19.2. The molecule has 0 amide bonds. The number of nitrogens with one attached hydrogen (secondary N) is 2. The lowest BCUT2D eigenvalue weighted by molar-refractivity contribution is 1.09. The van der Waals surface area contributed by atoms with E-state index in [0.717, 1.165) is 21.9 Å². The Morgan fingerprint density at radius 1 is 1.33 bits per heavy atom. The Hall–Kier alpha value is -2.02. The summed E-state index contributed by atoms with van der Waals surface area (Å²) in [5.74, 6) is 0.737. The highest BCUT2D eigenvalue weighted by molar-refractivity contribution is 7.13. The van der Waals surface area contributed by atoms with E-state index in [0.29, 0.717) is 0 Å². The molecule has 3 aromatic rings. The van der Waals surface area contributed by atoms with Crippen LogP contribution in [-0.2, 0) is 0 Å². The van der Waals surface area contributed by atoms with Crippen molar-refractivity contribution in [1.82, 2.24) is 25.4 Å². The van der Waals surface area contributed by atoms with Crippen LogP contribution >= 0.6 is 11.3 Å². The van der Waals surface area contributed by atoms with E-state index in [-0.39, 0.29) is 0 Å². The van der Waals surface area contributed by atoms with E-state index in [4.69, 9.17) is 0 Å². The highest BCUT2D eigenvalue weighted by atomic mass is 32.1. The quantitative estimate of drug-likeness (QED) is 0.682. The minimum Gasteiger partial charge on any atom is -0.315 e. The number of aromatic nitrogens is 5. The van der Waals surface area contributed by atoms with Gasteiger partial charge in [-0.05, 0) is 6.07 Å². The zero-order valence-electron chi connectivity index (χ0n) is 7.51. The second-order valence-corrected chi connectivity index (χ2v) is 3.73. The van der Waals surface area contributed by atoms with Gasteiger partial charge in [-0.1, -0.05) is 11.3 Å². The summed E-state index contributed by atoms with van der Waals surface area (Å²) in [4.78, 5) is 4.21. The van der Waals surface area contributed by atoms with Gasteiger partial charge in [-0.25, -0.2) is 4.98 Å². The van der Waals surface area contributed by atoms with E-state index in [1.807, 2.05) is 6.07 Å². The molecule has 0 saturated carbocycles. The third-order valence-corrected chi connectivity index (χ3v) is 2.53. The molecule has 0 spiro atoms. The first-order valence-corrected chi connectivity index (χ1v) is 5.12. The van der Waals surface area contributed by atoms with Crippen LogP contribution in [0, 0.1) is 0 Å². The Morgan fingerprint density at radius 3 is 3.20 bits per heavy atom. The summed E-state index contributed by atoms with van der Waals surface area (Å²) < 4.78 is 0. The Morgan fingerprint density at radius 2 is 2.33 bits per heavy atom. The van der Waals surface area contributed by atoms with Crippen molar-refractivity contribution in [2.75, 3.05) is 5.32 Å². The Labute approximate surface area is 88.4 Å². The van der Waals surface area contributed by atoms with Crippen LogP contribution in [-0.4, -0.2) is 25.4 Å². The lowest BCUT2D eigenvalue weighted by Gasteiger charge is -1.99. The molecule has 0 aromatic carbocycles. The van der Waals surface area contributed by atoms with E-state index in [1.54, 1.807) is 17.9 Å². The van der Waals surface area contributed by atoms with Gasteiger partial charge in [0, 0.05) is 5.39 Å². The molecule has 0 aliphatic heterocycles. The molecule has 15 heavy (non-hydrogen) atoms. The van der Waals surface area contributed by atoms with Crippen molar-refractivity contribution in [3.8, 4) is 0 Å². The van der Waals surface area contributed by atoms with Crippen molar-refractivity contribution < 1.29 is 0 Å². The Kier molecular flexibility index (Phi) is 1.82. The number of hydrogen-bond acceptors (Lipinski definition) is 6. The molecular weight excluding hydrogens is 212 g/mol. The first-order valence-electron chi connectivity index (χ1n) is 4.24. The van der Waals surface area contributed by atoms with Gasteiger partial charge in [0.05, 0.1) is 17.9 Å². The van der Waals surface area contributed by atoms with E-state index in [9.17, 15) is 0 Å². The molecule has 2 N–H and O–H groups in total. The Balaban J connectivity index is 1.97. The van der Waals surface area contributed by atoms with Gasteiger partial charge in [-0.2, -0.15) is 5.10 Å².